The summed E-state index contributed by atoms with van der Waals surface area (Å²) in [6.07, 6.45) is 3.11. The zero-order valence-electron chi connectivity index (χ0n) is 17.0. The number of nitrogens with zero attached hydrogens (tertiary/aromatic N) is 1. The maximum Gasteiger partial charge on any atom is 0.315 e. The lowest BCUT2D eigenvalue weighted by molar-refractivity contribution is 0.171. The summed E-state index contributed by atoms with van der Waals surface area (Å²) in [6, 6.07) is 13.8. The lowest BCUT2D eigenvalue weighted by Crippen LogP contribution is -2.42. The van der Waals surface area contributed by atoms with Crippen molar-refractivity contribution in [2.24, 2.45) is 0 Å². The molecule has 30 heavy (non-hydrogen) atoms. The van der Waals surface area contributed by atoms with Gasteiger partial charge in [-0.3, -0.25) is 0 Å². The molecule has 2 heterocycles. The first kappa shape index (κ1) is 20.8. The Hall–Kier alpha value is -2.44. The molecule has 4 rings (SSSR count). The number of benzene rings is 2. The Kier molecular flexibility index (Phi) is 6.97. The summed E-state index contributed by atoms with van der Waals surface area (Å²) in [5, 5.41) is 6.66. The van der Waals surface area contributed by atoms with Gasteiger partial charge in [-0.2, -0.15) is 0 Å². The molecule has 2 aliphatic rings. The molecule has 0 aromatic heterocycles. The normalized spacial score (nSPS) is 16.8. The first-order valence-corrected chi connectivity index (χ1v) is 11.0. The quantitative estimate of drug-likeness (QED) is 0.702. The second-order valence-corrected chi connectivity index (χ2v) is 8.13. The van der Waals surface area contributed by atoms with Crippen molar-refractivity contribution in [1.82, 2.24) is 15.5 Å². The molecular weight excluding hydrogens is 402 g/mol. The van der Waals surface area contributed by atoms with Gasteiger partial charge in [0.25, 0.3) is 0 Å². The minimum Gasteiger partial charge on any atom is -0.486 e. The third-order valence-corrected chi connectivity index (χ3v) is 5.78. The van der Waals surface area contributed by atoms with Crippen LogP contribution in [0.2, 0.25) is 5.02 Å². The minimum atomic E-state index is -0.160. The molecule has 0 saturated carbocycles. The van der Waals surface area contributed by atoms with Gasteiger partial charge in [-0.05, 0) is 55.6 Å². The summed E-state index contributed by atoms with van der Waals surface area (Å²) in [4.78, 5) is 15.0. The van der Waals surface area contributed by atoms with Gasteiger partial charge < -0.3 is 25.0 Å². The summed E-state index contributed by atoms with van der Waals surface area (Å²) < 4.78 is 11.2. The van der Waals surface area contributed by atoms with Crippen molar-refractivity contribution in [1.29, 1.82) is 0 Å². The predicted octanol–water partition coefficient (Wildman–Crippen LogP) is 3.79. The number of rotatable bonds is 7. The maximum absolute atomic E-state index is 12.6. The van der Waals surface area contributed by atoms with Crippen LogP contribution in [0, 0.1) is 0 Å². The molecule has 160 valence electrons. The molecule has 2 amide bonds. The van der Waals surface area contributed by atoms with Gasteiger partial charge in [-0.25, -0.2) is 4.79 Å². The molecule has 2 aromatic rings. The van der Waals surface area contributed by atoms with Crippen molar-refractivity contribution in [2.75, 3.05) is 39.4 Å². The monoisotopic (exact) mass is 429 g/mol. The Morgan fingerprint density at radius 2 is 1.87 bits per heavy atom. The van der Waals surface area contributed by atoms with Crippen LogP contribution in [-0.4, -0.2) is 50.3 Å². The number of carbonyl (C=O) groups is 1. The molecule has 1 fully saturated rings. The second-order valence-electron chi connectivity index (χ2n) is 7.72. The lowest BCUT2D eigenvalue weighted by Gasteiger charge is -2.25. The fraction of sp³-hybridized carbons (Fsp3) is 0.435. The van der Waals surface area contributed by atoms with E-state index in [1.807, 2.05) is 30.3 Å². The first-order valence-electron chi connectivity index (χ1n) is 10.6. The summed E-state index contributed by atoms with van der Waals surface area (Å²) in [7, 11) is 0. The van der Waals surface area contributed by atoms with Gasteiger partial charge in [0.1, 0.15) is 13.2 Å². The predicted molar refractivity (Wildman–Crippen MR) is 118 cm³/mol. The summed E-state index contributed by atoms with van der Waals surface area (Å²) in [5.41, 5.74) is 2.12. The van der Waals surface area contributed by atoms with Crippen molar-refractivity contribution >= 4 is 17.6 Å². The smallest absolute Gasteiger partial charge is 0.315 e. The highest BCUT2D eigenvalue weighted by atomic mass is 35.5. The Morgan fingerprint density at radius 1 is 1.10 bits per heavy atom. The number of likely N-dealkylation sites (tertiary alicyclic amines) is 1. The van der Waals surface area contributed by atoms with Crippen molar-refractivity contribution in [2.45, 2.75) is 25.3 Å². The molecule has 2 aliphatic heterocycles. The van der Waals surface area contributed by atoms with Crippen LogP contribution in [0.1, 0.15) is 30.0 Å². The Balaban J connectivity index is 1.32. The largest absolute Gasteiger partial charge is 0.486 e. The number of ether oxygens (including phenoxy) is 2. The first-order chi connectivity index (χ1) is 14.7. The third-order valence-electron chi connectivity index (χ3n) is 5.50. The molecule has 0 aliphatic carbocycles. The molecule has 1 unspecified atom stereocenters. The van der Waals surface area contributed by atoms with Crippen LogP contribution >= 0.6 is 11.6 Å². The summed E-state index contributed by atoms with van der Waals surface area (Å²) in [6.45, 7) is 4.55. The maximum atomic E-state index is 12.6. The molecule has 2 N–H and O–H groups in total. The highest BCUT2D eigenvalue weighted by molar-refractivity contribution is 6.32. The van der Waals surface area contributed by atoms with Gasteiger partial charge in [0.2, 0.25) is 0 Å². The number of amides is 2. The van der Waals surface area contributed by atoms with Gasteiger partial charge in [0.05, 0.1) is 11.1 Å². The van der Waals surface area contributed by atoms with E-state index in [1.54, 1.807) is 0 Å². The molecule has 2 aromatic carbocycles. The third kappa shape index (κ3) is 5.37. The number of hydrogen-bond acceptors (Lipinski definition) is 4. The van der Waals surface area contributed by atoms with Crippen LogP contribution in [-0.2, 0) is 6.42 Å². The van der Waals surface area contributed by atoms with Crippen LogP contribution in [0.5, 0.6) is 11.5 Å². The van der Waals surface area contributed by atoms with Gasteiger partial charge in [-0.1, -0.05) is 41.9 Å². The van der Waals surface area contributed by atoms with Crippen LogP contribution in [0.25, 0.3) is 0 Å². The number of hydrogen-bond donors (Lipinski definition) is 2. The van der Waals surface area contributed by atoms with E-state index in [-0.39, 0.29) is 12.1 Å². The van der Waals surface area contributed by atoms with E-state index in [4.69, 9.17) is 21.1 Å². The van der Waals surface area contributed by atoms with Crippen LogP contribution in [0.15, 0.2) is 42.5 Å². The number of carbonyl (C=O) groups excluding carboxylic acids is 1. The van der Waals surface area contributed by atoms with Crippen molar-refractivity contribution < 1.29 is 14.3 Å². The molecule has 1 saturated heterocycles. The van der Waals surface area contributed by atoms with Gasteiger partial charge >= 0.3 is 6.03 Å². The van der Waals surface area contributed by atoms with Crippen LogP contribution in [0.3, 0.4) is 0 Å². The molecule has 1 atom stereocenters. The van der Waals surface area contributed by atoms with E-state index in [1.165, 1.54) is 12.8 Å². The SMILES string of the molecule is O=C(NCCc1cc(Cl)c2c(c1)OCCO2)NC(CN1CCCC1)c1ccccc1. The van der Waals surface area contributed by atoms with Gasteiger partial charge in [-0.15, -0.1) is 0 Å². The van der Waals surface area contributed by atoms with E-state index in [0.717, 1.165) is 30.8 Å². The topological polar surface area (TPSA) is 62.8 Å². The molecule has 7 heteroatoms. The van der Waals surface area contributed by atoms with E-state index in [0.29, 0.717) is 42.7 Å². The van der Waals surface area contributed by atoms with E-state index >= 15 is 0 Å². The van der Waals surface area contributed by atoms with Crippen molar-refractivity contribution in [3.8, 4) is 11.5 Å². The van der Waals surface area contributed by atoms with Crippen molar-refractivity contribution in [3.63, 3.8) is 0 Å². The zero-order valence-corrected chi connectivity index (χ0v) is 17.8. The van der Waals surface area contributed by atoms with Crippen molar-refractivity contribution in [3.05, 3.63) is 58.6 Å². The Bertz CT molecular complexity index is 856. The average Bonchev–Trinajstić information content (AvgIpc) is 3.27. The second kappa shape index (κ2) is 10.0. The number of halogens is 1. The van der Waals surface area contributed by atoms with Crippen LogP contribution < -0.4 is 20.1 Å². The number of nitrogens with one attached hydrogen (secondary N) is 2. The summed E-state index contributed by atoms with van der Waals surface area (Å²) in [5.74, 6) is 1.27. The fourth-order valence-electron chi connectivity index (χ4n) is 3.98. The molecule has 0 bridgehead atoms. The lowest BCUT2D eigenvalue weighted by atomic mass is 10.1. The average molecular weight is 430 g/mol. The highest BCUT2D eigenvalue weighted by Crippen LogP contribution is 2.38. The molecule has 0 spiro atoms. The minimum absolute atomic E-state index is 0.0342. The Labute approximate surface area is 182 Å². The fourth-order valence-corrected chi connectivity index (χ4v) is 4.27. The van der Waals surface area contributed by atoms with Gasteiger partial charge in [0.15, 0.2) is 11.5 Å². The standard InChI is InChI=1S/C23H28ClN3O3/c24-19-14-17(15-21-22(19)30-13-12-29-21)8-9-25-23(28)26-20(16-27-10-4-5-11-27)18-6-2-1-3-7-18/h1-3,6-7,14-15,20H,4-5,8-13,16H2,(H2,25,26,28). The number of fused-ring (bicyclic) bond motifs is 1. The summed E-state index contributed by atoms with van der Waals surface area (Å²) >= 11 is 6.30. The van der Waals surface area contributed by atoms with E-state index in [9.17, 15) is 4.79 Å². The van der Waals surface area contributed by atoms with Crippen LogP contribution in [0.4, 0.5) is 4.79 Å². The molecule has 6 nitrogen and oxygen atoms in total. The highest BCUT2D eigenvalue weighted by Gasteiger charge is 2.21. The molecule has 0 radical (unpaired) electrons. The Morgan fingerprint density at radius 3 is 2.67 bits per heavy atom. The number of urea groups is 1. The van der Waals surface area contributed by atoms with E-state index < -0.39 is 0 Å². The molecular formula is C23H28ClN3O3. The zero-order chi connectivity index (χ0) is 20.8. The van der Waals surface area contributed by atoms with Gasteiger partial charge in [0, 0.05) is 13.1 Å². The van der Waals surface area contributed by atoms with E-state index in [2.05, 4.69) is 27.7 Å².